The fraction of sp³-hybridized carbons (Fsp3) is 0.778. The van der Waals surface area contributed by atoms with Crippen LogP contribution in [0, 0.1) is 5.92 Å². The van der Waals surface area contributed by atoms with E-state index in [0.29, 0.717) is 6.42 Å². The summed E-state index contributed by atoms with van der Waals surface area (Å²) in [5, 5.41) is 17.0. The van der Waals surface area contributed by atoms with Crippen LogP contribution < -0.4 is 29.6 Å². The fourth-order valence-corrected chi connectivity index (χ4v) is 1.13. The molecule has 0 aromatic rings. The van der Waals surface area contributed by atoms with Crippen molar-refractivity contribution in [1.82, 2.24) is 0 Å². The Balaban J connectivity index is -0.000000720. The number of hydrogen-bond donors (Lipinski definition) is 2. The molecule has 0 saturated carbocycles. The van der Waals surface area contributed by atoms with Gasteiger partial charge in [0.25, 0.3) is 0 Å². The predicted octanol–water partition coefficient (Wildman–Crippen LogP) is -1.14. The van der Waals surface area contributed by atoms with Crippen LogP contribution in [0.25, 0.3) is 0 Å². The minimum absolute atomic E-state index is 0. The molecule has 5 heteroatoms. The normalized spacial score (nSPS) is 9.57. The Morgan fingerprint density at radius 3 is 2.00 bits per heavy atom. The van der Waals surface area contributed by atoms with Crippen molar-refractivity contribution in [2.75, 3.05) is 0 Å². The van der Waals surface area contributed by atoms with Crippen molar-refractivity contribution in [2.45, 2.75) is 39.0 Å². The summed E-state index contributed by atoms with van der Waals surface area (Å²) in [5.74, 6) is -3.69. The second-order valence-corrected chi connectivity index (χ2v) is 3.08. The number of carboxylic acid groups (broad SMARTS) is 2. The smallest absolute Gasteiger partial charge is 1.00 e. The third kappa shape index (κ3) is 7.35. The predicted molar refractivity (Wildman–Crippen MR) is 48.6 cm³/mol. The standard InChI is InChI=1S/C9H16O4.Na.H/c1-2-3-4-5-6-7(8(10)11)9(12)13;;/h7H,2-6H2,1H3,(H,10,11)(H,12,13);;/q;+1;-1. The molecule has 0 saturated heterocycles. The van der Waals surface area contributed by atoms with Gasteiger partial charge in [0.15, 0.2) is 5.92 Å². The van der Waals surface area contributed by atoms with E-state index < -0.39 is 17.9 Å². The largest absolute Gasteiger partial charge is 1.00 e. The molecule has 0 aliphatic heterocycles. The van der Waals surface area contributed by atoms with Crippen molar-refractivity contribution in [1.29, 1.82) is 0 Å². The third-order valence-electron chi connectivity index (χ3n) is 1.94. The molecular weight excluding hydrogens is 195 g/mol. The summed E-state index contributed by atoms with van der Waals surface area (Å²) in [7, 11) is 0. The van der Waals surface area contributed by atoms with Crippen LogP contribution in [0.2, 0.25) is 0 Å². The van der Waals surface area contributed by atoms with Gasteiger partial charge in [-0.05, 0) is 6.42 Å². The van der Waals surface area contributed by atoms with Gasteiger partial charge in [-0.25, -0.2) is 0 Å². The Kier molecular flexibility index (Phi) is 11.1. The Morgan fingerprint density at radius 2 is 1.64 bits per heavy atom. The van der Waals surface area contributed by atoms with Gasteiger partial charge in [0.1, 0.15) is 0 Å². The number of hydrogen-bond acceptors (Lipinski definition) is 2. The van der Waals surface area contributed by atoms with E-state index in [4.69, 9.17) is 10.2 Å². The van der Waals surface area contributed by atoms with Crippen LogP contribution in [0.3, 0.4) is 0 Å². The van der Waals surface area contributed by atoms with Crippen LogP contribution in [0.1, 0.15) is 40.5 Å². The van der Waals surface area contributed by atoms with Crippen LogP contribution in [-0.4, -0.2) is 22.2 Å². The molecule has 14 heavy (non-hydrogen) atoms. The molecule has 0 amide bonds. The van der Waals surface area contributed by atoms with E-state index >= 15 is 0 Å². The minimum atomic E-state index is -1.23. The molecule has 4 nitrogen and oxygen atoms in total. The first kappa shape index (κ1) is 16.4. The molecule has 0 radical (unpaired) electrons. The molecule has 0 aliphatic rings. The van der Waals surface area contributed by atoms with Crippen molar-refractivity contribution in [3.8, 4) is 0 Å². The Labute approximate surface area is 107 Å². The van der Waals surface area contributed by atoms with Gasteiger partial charge in [-0.15, -0.1) is 0 Å². The Bertz CT molecular complexity index is 173. The van der Waals surface area contributed by atoms with Crippen LogP contribution in [0.4, 0.5) is 0 Å². The maximum Gasteiger partial charge on any atom is 1.00 e. The van der Waals surface area contributed by atoms with Crippen LogP contribution in [-0.2, 0) is 9.59 Å². The van der Waals surface area contributed by atoms with Gasteiger partial charge in [0.2, 0.25) is 0 Å². The van der Waals surface area contributed by atoms with Gasteiger partial charge >= 0.3 is 41.5 Å². The van der Waals surface area contributed by atoms with E-state index in [-0.39, 0.29) is 37.4 Å². The number of unbranched alkanes of at least 4 members (excludes halogenated alkanes) is 3. The summed E-state index contributed by atoms with van der Waals surface area (Å²) in [4.78, 5) is 20.8. The van der Waals surface area contributed by atoms with Crippen LogP contribution in [0.15, 0.2) is 0 Å². The summed E-state index contributed by atoms with van der Waals surface area (Å²) in [5.41, 5.74) is 0. The first-order valence-electron chi connectivity index (χ1n) is 4.55. The first-order chi connectivity index (χ1) is 6.09. The van der Waals surface area contributed by atoms with Crippen molar-refractivity contribution in [3.63, 3.8) is 0 Å². The summed E-state index contributed by atoms with van der Waals surface area (Å²) < 4.78 is 0. The zero-order valence-electron chi connectivity index (χ0n) is 9.82. The zero-order valence-corrected chi connectivity index (χ0v) is 10.8. The van der Waals surface area contributed by atoms with Crippen molar-refractivity contribution in [2.24, 2.45) is 5.92 Å². The SMILES string of the molecule is CCCCCCC(C(=O)O)C(=O)O.[H-].[Na+]. The summed E-state index contributed by atoms with van der Waals surface area (Å²) in [6.45, 7) is 2.05. The fourth-order valence-electron chi connectivity index (χ4n) is 1.13. The molecule has 0 unspecified atom stereocenters. The van der Waals surface area contributed by atoms with E-state index in [1.807, 2.05) is 6.92 Å². The van der Waals surface area contributed by atoms with Crippen molar-refractivity contribution < 1.29 is 50.8 Å². The van der Waals surface area contributed by atoms with Gasteiger partial charge in [-0.1, -0.05) is 32.6 Å². The van der Waals surface area contributed by atoms with E-state index in [0.717, 1.165) is 19.3 Å². The average molecular weight is 212 g/mol. The van der Waals surface area contributed by atoms with Gasteiger partial charge in [0, 0.05) is 0 Å². The zero-order chi connectivity index (χ0) is 10.3. The molecular formula is C9H17NaO4. The quantitative estimate of drug-likeness (QED) is 0.318. The van der Waals surface area contributed by atoms with Gasteiger partial charge in [-0.3, -0.25) is 9.59 Å². The van der Waals surface area contributed by atoms with E-state index in [1.165, 1.54) is 0 Å². The Morgan fingerprint density at radius 1 is 1.14 bits per heavy atom. The first-order valence-corrected chi connectivity index (χ1v) is 4.55. The van der Waals surface area contributed by atoms with Crippen molar-refractivity contribution >= 4 is 11.9 Å². The summed E-state index contributed by atoms with van der Waals surface area (Å²) in [6.07, 6.45) is 3.92. The maximum absolute atomic E-state index is 10.4. The second kappa shape index (κ2) is 9.49. The summed E-state index contributed by atoms with van der Waals surface area (Å²) >= 11 is 0. The van der Waals surface area contributed by atoms with Gasteiger partial charge < -0.3 is 11.6 Å². The molecule has 0 atom stereocenters. The third-order valence-corrected chi connectivity index (χ3v) is 1.94. The number of aliphatic carboxylic acids is 2. The number of rotatable bonds is 7. The topological polar surface area (TPSA) is 74.6 Å². The molecule has 0 heterocycles. The minimum Gasteiger partial charge on any atom is -1.00 e. The number of carboxylic acids is 2. The van der Waals surface area contributed by atoms with Crippen LogP contribution in [0.5, 0.6) is 0 Å². The van der Waals surface area contributed by atoms with Crippen LogP contribution >= 0.6 is 0 Å². The second-order valence-electron chi connectivity index (χ2n) is 3.08. The average Bonchev–Trinajstić information content (AvgIpc) is 2.02. The molecule has 0 rings (SSSR count). The molecule has 2 N–H and O–H groups in total. The molecule has 78 valence electrons. The van der Waals surface area contributed by atoms with E-state index in [1.54, 1.807) is 0 Å². The van der Waals surface area contributed by atoms with Gasteiger partial charge in [0.05, 0.1) is 0 Å². The molecule has 0 fully saturated rings. The molecule has 0 bridgehead atoms. The summed E-state index contributed by atoms with van der Waals surface area (Å²) in [6, 6.07) is 0. The Hall–Kier alpha value is -0.0600. The van der Waals surface area contributed by atoms with E-state index in [2.05, 4.69) is 0 Å². The van der Waals surface area contributed by atoms with E-state index in [9.17, 15) is 9.59 Å². The molecule has 0 aromatic carbocycles. The number of carbonyl (C=O) groups is 2. The van der Waals surface area contributed by atoms with Crippen molar-refractivity contribution in [3.05, 3.63) is 0 Å². The molecule has 0 aromatic heterocycles. The molecule has 0 spiro atoms. The molecule has 0 aliphatic carbocycles. The monoisotopic (exact) mass is 212 g/mol. The van der Waals surface area contributed by atoms with Gasteiger partial charge in [-0.2, -0.15) is 0 Å². The maximum atomic E-state index is 10.4.